The van der Waals surface area contributed by atoms with Gasteiger partial charge in [-0.3, -0.25) is 4.79 Å². The van der Waals surface area contributed by atoms with Crippen molar-refractivity contribution in [3.8, 4) is 23.0 Å². The van der Waals surface area contributed by atoms with Crippen LogP contribution in [0.3, 0.4) is 0 Å². The number of amides is 2. The van der Waals surface area contributed by atoms with Crippen molar-refractivity contribution in [3.05, 3.63) is 80.3 Å². The summed E-state index contributed by atoms with van der Waals surface area (Å²) in [7, 11) is 6.71. The number of benzene rings is 3. The van der Waals surface area contributed by atoms with Gasteiger partial charge in [0.25, 0.3) is 5.97 Å². The van der Waals surface area contributed by atoms with Crippen molar-refractivity contribution < 1.29 is 183 Å². The first-order valence-electron chi connectivity index (χ1n) is 41.7. The molecular weight excluding hydrogens is 1740 g/mol. The van der Waals surface area contributed by atoms with Gasteiger partial charge in [0.05, 0.1) is 86.6 Å². The molecule has 40 nitrogen and oxygen atoms in total. The number of thioether (sulfide) groups is 1. The summed E-state index contributed by atoms with van der Waals surface area (Å²) in [6.07, 6.45) is -37.2. The van der Waals surface area contributed by atoms with Crippen LogP contribution in [0.15, 0.2) is 42.5 Å². The van der Waals surface area contributed by atoms with Crippen LogP contribution in [0.2, 0.25) is 10.0 Å². The fraction of sp³-hybridized carbons (Fsp3) is 0.735. The normalized spacial score (nSPS) is 41.7. The van der Waals surface area contributed by atoms with Crippen molar-refractivity contribution in [1.29, 1.82) is 0 Å². The molecule has 11 saturated heterocycles. The Morgan fingerprint density at radius 3 is 2.05 bits per heavy atom. The number of ether oxygens (including phenoxy) is 26. The molecule has 43 heteroatoms. The van der Waals surface area contributed by atoms with Gasteiger partial charge in [0.1, 0.15) is 144 Å². The summed E-state index contributed by atoms with van der Waals surface area (Å²) in [4.78, 5) is 56.0. The van der Waals surface area contributed by atoms with Gasteiger partial charge in [-0.15, -0.1) is 0 Å². The van der Waals surface area contributed by atoms with Crippen LogP contribution < -0.4 is 15.4 Å². The topological polar surface area (TPSA) is 494 Å². The highest BCUT2D eigenvalue weighted by molar-refractivity contribution is 7.98. The molecule has 3 aromatic carbocycles. The van der Waals surface area contributed by atoms with Crippen molar-refractivity contribution >= 4 is 58.9 Å². The third-order valence-corrected chi connectivity index (χ3v) is 26.7. The second-order valence-electron chi connectivity index (χ2n) is 33.8. The van der Waals surface area contributed by atoms with Crippen LogP contribution >= 0.6 is 35.0 Å². The van der Waals surface area contributed by atoms with Crippen molar-refractivity contribution in [2.24, 2.45) is 5.92 Å². The summed E-state index contributed by atoms with van der Waals surface area (Å²) in [5.74, 6) is -8.48. The molecular formula is C83H114Cl2N2O38S. The second-order valence-corrected chi connectivity index (χ2v) is 35.5. The van der Waals surface area contributed by atoms with E-state index in [4.69, 9.17) is 146 Å². The van der Waals surface area contributed by atoms with Gasteiger partial charge in [0.15, 0.2) is 61.3 Å². The summed E-state index contributed by atoms with van der Waals surface area (Å²) in [5, 5.41) is 98.7. The van der Waals surface area contributed by atoms with Gasteiger partial charge in [-0.05, 0) is 103 Å². The molecule has 704 valence electrons. The summed E-state index contributed by atoms with van der Waals surface area (Å²) in [6, 6.07) is 10.3. The standard InChI is InChI=1S/C83H114Cl2N2O38S/c1-33-23-41(88)24-43(89)51(33)73(97)115-48-31-109-83(71-64(48)107-32-108-71)122-49-30-105-75(58(93)63(49)123-83)120-77-67(103-13)57(92)62(47(116-77)29-100-10)118-76-59(94)66(61(101-11)37(5)112-76)119-78-68(95)81(9)70(39(7)113-78)124-82(125-81)26-44(90)53(35(3)121-82)45-25-46(60(36(4)110-45)117-74(98)52-34(2)54(84)56(91)55(85)65(52)102-12)114-50-27-80(8,69(104-14)38(6)111-50)87-72(96)42(21-22-126-15)86-79(99)106-28-40-19-17-16-18-20-40/h16-20,23-24,35-39,42,44-50,53,57-64,66-71,75-78,88-95H,21-22,25-32H2,1-15H3,(H,86,99)(H,87,96)/t35-,36-,37-,38+,39-,42+,44-,45-,46-,47-,48-,49+,50+,53-,57+,58-,59-,60-,61+,62-,63-,64+,66-,67+,68-,69+,70-,71-,75+,76+,77+,78+,80-,81-,82-,83-/m1/s1. The van der Waals surface area contributed by atoms with E-state index >= 15 is 0 Å². The number of hydrogen-bond donors (Lipinski definition) is 10. The molecule has 14 rings (SSSR count). The molecule has 0 aliphatic carbocycles. The molecule has 0 radical (unpaired) electrons. The number of fused-ring (bicyclic) bond motifs is 4. The Hall–Kier alpha value is -5.61. The lowest BCUT2D eigenvalue weighted by Gasteiger charge is -2.51. The molecule has 11 aliphatic heterocycles. The first kappa shape index (κ1) is 96.4. The van der Waals surface area contributed by atoms with Gasteiger partial charge >= 0.3 is 24.0 Å². The molecule has 0 saturated carbocycles. The number of halogens is 2. The predicted molar refractivity (Wildman–Crippen MR) is 429 cm³/mol. The fourth-order valence-corrected chi connectivity index (χ4v) is 20.2. The van der Waals surface area contributed by atoms with E-state index in [0.29, 0.717) is 5.75 Å². The summed E-state index contributed by atoms with van der Waals surface area (Å²) < 4.78 is 162. The highest BCUT2D eigenvalue weighted by Gasteiger charge is 2.71. The number of phenols is 3. The number of phenolic OH excluding ortho intramolecular Hbond substituents is 3. The molecule has 36 atom stereocenters. The Kier molecular flexibility index (Phi) is 30.4. The highest BCUT2D eigenvalue weighted by Crippen LogP contribution is 2.54. The third-order valence-electron chi connectivity index (χ3n) is 25.3. The summed E-state index contributed by atoms with van der Waals surface area (Å²) >= 11 is 14.5. The fourth-order valence-electron chi connectivity index (χ4n) is 19.2. The first-order valence-corrected chi connectivity index (χ1v) is 43.9. The first-order chi connectivity index (χ1) is 60.0. The third kappa shape index (κ3) is 19.1. The van der Waals surface area contributed by atoms with Gasteiger partial charge in [0, 0.05) is 53.3 Å². The zero-order valence-electron chi connectivity index (χ0n) is 72.1. The van der Waals surface area contributed by atoms with Gasteiger partial charge in [0.2, 0.25) is 5.91 Å². The molecule has 11 aliphatic rings. The Balaban J connectivity index is 0.631. The van der Waals surface area contributed by atoms with Crippen LogP contribution in [0.1, 0.15) is 112 Å². The lowest BCUT2D eigenvalue weighted by molar-refractivity contribution is -0.407. The number of esters is 2. The Morgan fingerprint density at radius 2 is 1.36 bits per heavy atom. The number of rotatable bonds is 27. The van der Waals surface area contributed by atoms with E-state index in [9.17, 15) is 60.0 Å². The van der Waals surface area contributed by atoms with Crippen LogP contribution in [0, 0.1) is 19.8 Å². The van der Waals surface area contributed by atoms with E-state index in [0.717, 1.165) is 11.6 Å². The average molecular weight is 1850 g/mol. The van der Waals surface area contributed by atoms with E-state index < -0.39 is 255 Å². The predicted octanol–water partition coefficient (Wildman–Crippen LogP) is 3.42. The molecule has 3 aromatic rings. The largest absolute Gasteiger partial charge is 0.508 e. The number of aliphatic hydroxyl groups is 5. The zero-order chi connectivity index (χ0) is 90.7. The van der Waals surface area contributed by atoms with Crippen LogP contribution in [0.5, 0.6) is 23.0 Å². The smallest absolute Gasteiger partial charge is 0.408 e. The van der Waals surface area contributed by atoms with Gasteiger partial charge in [-0.25, -0.2) is 14.4 Å². The highest BCUT2D eigenvalue weighted by atomic mass is 35.5. The molecule has 0 aromatic heterocycles. The van der Waals surface area contributed by atoms with Crippen LogP contribution in [0.25, 0.3) is 0 Å². The zero-order valence-corrected chi connectivity index (χ0v) is 74.4. The van der Waals surface area contributed by atoms with Crippen LogP contribution in [-0.2, 0) is 130 Å². The van der Waals surface area contributed by atoms with Gasteiger partial charge in [-0.2, -0.15) is 11.8 Å². The lowest BCUT2D eigenvalue weighted by atomic mass is 9.81. The minimum atomic E-state index is -2.07. The number of carbonyl (C=O) groups is 4. The van der Waals surface area contributed by atoms with E-state index in [1.807, 2.05) is 24.5 Å². The van der Waals surface area contributed by atoms with Crippen molar-refractivity contribution in [2.75, 3.05) is 74.2 Å². The Bertz CT molecular complexity index is 4250. The number of alkyl carbamates (subject to hydrolysis) is 1. The SMILES string of the molecule is COC[C@H]1O[C@@H](O[C@@H]2OC[C@@H]3O[C@@]4(OC[C@@H](OC(=O)c5c(C)cc(O)cc5O)[C@@H]5OCO[C@H]54)O[C@H]3[C@H]2O)[C@@H](OC)[C@@H](O)[C@@H]1O[C@@H]1O[C@H](C)[C@H](OC)[C@H](O[C@@H]2O[C@H](C)[C@H]3O[C@]4(C[C@@H](O)[C@H]([C@H]5C[C@@H](O[C@H]6C[C@@](C)(NC(=O)[C@H](CCSC)NC(=O)OCc7ccccc7)[C@@H](OC)[C@H](C)O6)[C@H](OC(=O)c6c(C)c(Cl)c(O)c(Cl)c6OC)[C@@H](C)O5)[C@@H](C)O4)O[C@]3(C)[C@@H]2O)[C@H]1O. The number of aromatic hydroxyl groups is 3. The molecule has 10 N–H and O–H groups in total. The van der Waals surface area contributed by atoms with E-state index in [-0.39, 0.29) is 103 Å². The maximum absolute atomic E-state index is 14.7. The molecule has 2 spiro atoms. The average Bonchev–Trinajstić information content (AvgIpc) is 1.56. The molecule has 0 unspecified atom stereocenters. The second kappa shape index (κ2) is 39.7. The quantitative estimate of drug-likeness (QED) is 0.0386. The van der Waals surface area contributed by atoms with Crippen molar-refractivity contribution in [2.45, 2.75) is 308 Å². The molecule has 0 bridgehead atoms. The number of hydrogen-bond acceptors (Lipinski definition) is 39. The number of aryl methyl sites for hydroxylation is 1. The van der Waals surface area contributed by atoms with Crippen molar-refractivity contribution in [1.82, 2.24) is 10.6 Å². The van der Waals surface area contributed by atoms with Gasteiger partial charge < -0.3 is 175 Å². The number of carbonyl (C=O) groups excluding carboxylic acids is 4. The van der Waals surface area contributed by atoms with E-state index in [1.54, 1.807) is 60.6 Å². The van der Waals surface area contributed by atoms with E-state index in [1.165, 1.54) is 67.2 Å². The lowest BCUT2D eigenvalue weighted by Crippen LogP contribution is -2.68. The van der Waals surface area contributed by atoms with Crippen molar-refractivity contribution in [3.63, 3.8) is 0 Å². The molecule has 2 amide bonds. The molecule has 11 heterocycles. The monoisotopic (exact) mass is 1850 g/mol. The number of nitrogens with one attached hydrogen (secondary N) is 2. The summed E-state index contributed by atoms with van der Waals surface area (Å²) in [6.45, 7) is 13.4. The molecule has 126 heavy (non-hydrogen) atoms. The van der Waals surface area contributed by atoms with E-state index in [2.05, 4.69) is 10.6 Å². The molecule has 11 fully saturated rings. The minimum Gasteiger partial charge on any atom is -0.508 e. The maximum Gasteiger partial charge on any atom is 0.408 e. The Labute approximate surface area is 740 Å². The number of methoxy groups -OCH3 is 5. The Morgan fingerprint density at radius 1 is 0.643 bits per heavy atom. The minimum absolute atomic E-state index is 0.0372. The van der Waals surface area contributed by atoms with Crippen LogP contribution in [0.4, 0.5) is 4.79 Å². The van der Waals surface area contributed by atoms with Crippen LogP contribution in [-0.4, -0.2) is 352 Å². The van der Waals surface area contributed by atoms with Gasteiger partial charge in [-0.1, -0.05) is 53.5 Å². The summed E-state index contributed by atoms with van der Waals surface area (Å²) in [5.41, 5.74) is -2.35. The number of aliphatic hydroxyl groups excluding tert-OH is 5. The maximum atomic E-state index is 14.7.